The molecular formula is C10H10BrFN2OS. The quantitative estimate of drug-likeness (QED) is 0.843. The molecule has 0 fully saturated rings. The zero-order valence-corrected chi connectivity index (χ0v) is 10.9. The van der Waals surface area contributed by atoms with Crippen LogP contribution in [-0.2, 0) is 4.79 Å². The second kappa shape index (κ2) is 5.36. The van der Waals surface area contributed by atoms with Gasteiger partial charge in [-0.3, -0.25) is 4.79 Å². The first kappa shape index (κ1) is 13.1. The molecule has 0 aliphatic carbocycles. The van der Waals surface area contributed by atoms with Crippen molar-refractivity contribution in [3.05, 3.63) is 28.5 Å². The molecule has 1 unspecified atom stereocenters. The van der Waals surface area contributed by atoms with Crippen LogP contribution in [0.3, 0.4) is 0 Å². The molecule has 0 aliphatic rings. The van der Waals surface area contributed by atoms with Crippen molar-refractivity contribution in [2.24, 2.45) is 11.7 Å². The van der Waals surface area contributed by atoms with Crippen molar-refractivity contribution in [2.45, 2.75) is 6.92 Å². The highest BCUT2D eigenvalue weighted by Crippen LogP contribution is 2.19. The van der Waals surface area contributed by atoms with E-state index in [-0.39, 0.29) is 10.7 Å². The van der Waals surface area contributed by atoms with Gasteiger partial charge in [0.2, 0.25) is 5.91 Å². The van der Waals surface area contributed by atoms with Gasteiger partial charge in [-0.15, -0.1) is 0 Å². The summed E-state index contributed by atoms with van der Waals surface area (Å²) >= 11 is 7.80. The topological polar surface area (TPSA) is 55.1 Å². The predicted molar refractivity (Wildman–Crippen MR) is 68.7 cm³/mol. The molecule has 1 aromatic rings. The van der Waals surface area contributed by atoms with Gasteiger partial charge >= 0.3 is 0 Å². The Labute approximate surface area is 106 Å². The maximum Gasteiger partial charge on any atom is 0.234 e. The third-order valence-corrected chi connectivity index (χ3v) is 2.86. The summed E-state index contributed by atoms with van der Waals surface area (Å²) in [6.07, 6.45) is 0. The van der Waals surface area contributed by atoms with E-state index in [0.717, 1.165) is 0 Å². The number of rotatable bonds is 3. The highest BCUT2D eigenvalue weighted by molar-refractivity contribution is 9.10. The van der Waals surface area contributed by atoms with Crippen molar-refractivity contribution in [1.29, 1.82) is 0 Å². The lowest BCUT2D eigenvalue weighted by Crippen LogP contribution is -2.31. The molecule has 86 valence electrons. The number of carbonyl (C=O) groups excluding carboxylic acids is 1. The van der Waals surface area contributed by atoms with E-state index in [1.807, 2.05) is 0 Å². The van der Waals surface area contributed by atoms with Gasteiger partial charge in [0.15, 0.2) is 0 Å². The van der Waals surface area contributed by atoms with Gasteiger partial charge in [-0.25, -0.2) is 4.39 Å². The van der Waals surface area contributed by atoms with Crippen molar-refractivity contribution in [3.8, 4) is 0 Å². The second-order valence-corrected chi connectivity index (χ2v) is 4.62. The van der Waals surface area contributed by atoms with Gasteiger partial charge in [-0.05, 0) is 25.1 Å². The van der Waals surface area contributed by atoms with E-state index in [0.29, 0.717) is 4.47 Å². The third kappa shape index (κ3) is 3.24. The van der Waals surface area contributed by atoms with Crippen LogP contribution in [0.4, 0.5) is 10.1 Å². The number of nitrogens with two attached hydrogens (primary N) is 1. The Morgan fingerprint density at radius 3 is 2.75 bits per heavy atom. The lowest BCUT2D eigenvalue weighted by Gasteiger charge is -2.11. The summed E-state index contributed by atoms with van der Waals surface area (Å²) in [6.45, 7) is 1.56. The Kier molecular flexibility index (Phi) is 4.37. The highest BCUT2D eigenvalue weighted by Gasteiger charge is 2.16. The lowest BCUT2D eigenvalue weighted by molar-refractivity contribution is -0.117. The smallest absolute Gasteiger partial charge is 0.234 e. The zero-order chi connectivity index (χ0) is 12.3. The lowest BCUT2D eigenvalue weighted by atomic mass is 10.1. The van der Waals surface area contributed by atoms with E-state index in [1.165, 1.54) is 12.1 Å². The standard InChI is InChI=1S/C10H10BrFN2OS/c1-5(9(13)16)10(15)14-8-3-2-6(11)4-7(8)12/h2-5H,1H3,(H2,13,16)(H,14,15). The van der Waals surface area contributed by atoms with Crippen molar-refractivity contribution in [2.75, 3.05) is 5.32 Å². The molecule has 1 atom stereocenters. The van der Waals surface area contributed by atoms with Gasteiger partial charge in [0.1, 0.15) is 5.82 Å². The molecule has 0 saturated carbocycles. The maximum atomic E-state index is 13.4. The molecule has 1 rings (SSSR count). The largest absolute Gasteiger partial charge is 0.393 e. The minimum absolute atomic E-state index is 0.0787. The summed E-state index contributed by atoms with van der Waals surface area (Å²) in [5.74, 6) is -1.57. The molecule has 0 aliphatic heterocycles. The Morgan fingerprint density at radius 1 is 1.62 bits per heavy atom. The number of thiocarbonyl (C=S) groups is 1. The molecule has 16 heavy (non-hydrogen) atoms. The van der Waals surface area contributed by atoms with Gasteiger partial charge in [0, 0.05) is 4.47 Å². The fourth-order valence-electron chi connectivity index (χ4n) is 0.961. The first-order chi connectivity index (χ1) is 7.41. The molecular weight excluding hydrogens is 295 g/mol. The third-order valence-electron chi connectivity index (χ3n) is 2.01. The van der Waals surface area contributed by atoms with Crippen molar-refractivity contribution in [1.82, 2.24) is 0 Å². The fraction of sp³-hybridized carbons (Fsp3) is 0.200. The molecule has 0 aromatic heterocycles. The molecule has 1 amide bonds. The van der Waals surface area contributed by atoms with Crippen LogP contribution in [0.1, 0.15) is 6.92 Å². The number of amides is 1. The van der Waals surface area contributed by atoms with E-state index in [4.69, 9.17) is 5.73 Å². The Balaban J connectivity index is 2.81. The molecule has 1 aromatic carbocycles. The number of hydrogen-bond donors (Lipinski definition) is 2. The van der Waals surface area contributed by atoms with Crippen molar-refractivity contribution in [3.63, 3.8) is 0 Å². The molecule has 3 nitrogen and oxygen atoms in total. The first-order valence-electron chi connectivity index (χ1n) is 4.47. The van der Waals surface area contributed by atoms with Gasteiger partial charge in [-0.2, -0.15) is 0 Å². The Morgan fingerprint density at radius 2 is 2.25 bits per heavy atom. The second-order valence-electron chi connectivity index (χ2n) is 3.24. The monoisotopic (exact) mass is 304 g/mol. The Hall–Kier alpha value is -1.01. The number of nitrogens with one attached hydrogen (secondary N) is 1. The van der Waals surface area contributed by atoms with Gasteiger partial charge in [0.05, 0.1) is 16.6 Å². The summed E-state index contributed by atoms with van der Waals surface area (Å²) in [5, 5.41) is 2.42. The minimum Gasteiger partial charge on any atom is -0.393 e. The highest BCUT2D eigenvalue weighted by atomic mass is 79.9. The fourth-order valence-corrected chi connectivity index (χ4v) is 1.40. The molecule has 0 saturated heterocycles. The van der Waals surface area contributed by atoms with E-state index in [9.17, 15) is 9.18 Å². The Bertz CT molecular complexity index is 439. The number of benzene rings is 1. The van der Waals surface area contributed by atoms with E-state index in [1.54, 1.807) is 13.0 Å². The molecule has 0 bridgehead atoms. The number of hydrogen-bond acceptors (Lipinski definition) is 2. The summed E-state index contributed by atoms with van der Waals surface area (Å²) in [6, 6.07) is 4.36. The minimum atomic E-state index is -0.627. The van der Waals surface area contributed by atoms with Crippen LogP contribution in [0, 0.1) is 11.7 Å². The average molecular weight is 305 g/mol. The van der Waals surface area contributed by atoms with Crippen LogP contribution in [-0.4, -0.2) is 10.9 Å². The average Bonchev–Trinajstić information content (AvgIpc) is 2.20. The van der Waals surface area contributed by atoms with E-state index in [2.05, 4.69) is 33.5 Å². The van der Waals surface area contributed by atoms with E-state index < -0.39 is 17.6 Å². The van der Waals surface area contributed by atoms with Crippen LogP contribution in [0.15, 0.2) is 22.7 Å². The maximum absolute atomic E-state index is 13.4. The number of halogens is 2. The van der Waals surface area contributed by atoms with Crippen LogP contribution >= 0.6 is 28.1 Å². The van der Waals surface area contributed by atoms with Crippen LogP contribution in [0.5, 0.6) is 0 Å². The summed E-state index contributed by atoms with van der Waals surface area (Å²) in [7, 11) is 0. The number of carbonyl (C=O) groups is 1. The summed E-state index contributed by atoms with van der Waals surface area (Å²) in [4.78, 5) is 11.6. The van der Waals surface area contributed by atoms with Gasteiger partial charge in [0.25, 0.3) is 0 Å². The molecule has 3 N–H and O–H groups in total. The van der Waals surface area contributed by atoms with Crippen LogP contribution in [0.2, 0.25) is 0 Å². The molecule has 0 heterocycles. The first-order valence-corrected chi connectivity index (χ1v) is 5.67. The van der Waals surface area contributed by atoms with Gasteiger partial charge < -0.3 is 11.1 Å². The van der Waals surface area contributed by atoms with Gasteiger partial charge in [-0.1, -0.05) is 28.1 Å². The molecule has 6 heteroatoms. The molecule has 0 spiro atoms. The normalized spacial score (nSPS) is 11.9. The summed E-state index contributed by atoms with van der Waals surface area (Å²) < 4.78 is 14.0. The SMILES string of the molecule is CC(C(=O)Nc1ccc(Br)cc1F)C(N)=S. The number of anilines is 1. The van der Waals surface area contributed by atoms with Crippen molar-refractivity contribution < 1.29 is 9.18 Å². The molecule has 0 radical (unpaired) electrons. The van der Waals surface area contributed by atoms with Crippen LogP contribution in [0.25, 0.3) is 0 Å². The van der Waals surface area contributed by atoms with E-state index >= 15 is 0 Å². The predicted octanol–water partition coefficient (Wildman–Crippen LogP) is 2.45. The van der Waals surface area contributed by atoms with Crippen LogP contribution < -0.4 is 11.1 Å². The zero-order valence-electron chi connectivity index (χ0n) is 8.46. The van der Waals surface area contributed by atoms with Crippen molar-refractivity contribution >= 4 is 44.7 Å². The summed E-state index contributed by atoms with van der Waals surface area (Å²) in [5.41, 5.74) is 5.43.